The van der Waals surface area contributed by atoms with E-state index in [2.05, 4.69) is 10.5 Å². The SMILES string of the molecule is COc1cccc2c1OCCC2=NNC(=O)C(C)Oc1ccc([N+](=O)[O-])cc1. The molecule has 0 fully saturated rings. The number of hydrogen-bond donors (Lipinski definition) is 1. The van der Waals surface area contributed by atoms with Gasteiger partial charge in [-0.15, -0.1) is 0 Å². The second-order valence-electron chi connectivity index (χ2n) is 5.98. The van der Waals surface area contributed by atoms with Crippen LogP contribution in [0.2, 0.25) is 0 Å². The molecular weight excluding hydrogens is 366 g/mol. The molecule has 0 bridgehead atoms. The number of nitro benzene ring substituents is 1. The average Bonchev–Trinajstić information content (AvgIpc) is 2.71. The minimum atomic E-state index is -0.838. The van der Waals surface area contributed by atoms with E-state index in [1.165, 1.54) is 24.3 Å². The van der Waals surface area contributed by atoms with Crippen molar-refractivity contribution in [3.63, 3.8) is 0 Å². The first-order valence-electron chi connectivity index (χ1n) is 8.57. The molecule has 0 saturated heterocycles. The van der Waals surface area contributed by atoms with E-state index in [1.807, 2.05) is 12.1 Å². The first-order chi connectivity index (χ1) is 13.5. The Labute approximate surface area is 161 Å². The fraction of sp³-hybridized carbons (Fsp3) is 0.263. The normalized spacial score (nSPS) is 15.1. The van der Waals surface area contributed by atoms with Crippen LogP contribution in [0.1, 0.15) is 18.9 Å². The maximum atomic E-state index is 12.3. The van der Waals surface area contributed by atoms with E-state index in [4.69, 9.17) is 14.2 Å². The van der Waals surface area contributed by atoms with Gasteiger partial charge in [0.05, 0.1) is 24.4 Å². The summed E-state index contributed by atoms with van der Waals surface area (Å²) in [6, 6.07) is 11.0. The lowest BCUT2D eigenvalue weighted by Crippen LogP contribution is -2.34. The van der Waals surface area contributed by atoms with Gasteiger partial charge < -0.3 is 14.2 Å². The summed E-state index contributed by atoms with van der Waals surface area (Å²) >= 11 is 0. The smallest absolute Gasteiger partial charge is 0.280 e. The summed E-state index contributed by atoms with van der Waals surface area (Å²) < 4.78 is 16.4. The lowest BCUT2D eigenvalue weighted by Gasteiger charge is -2.21. The Morgan fingerprint density at radius 3 is 2.71 bits per heavy atom. The highest BCUT2D eigenvalue weighted by Gasteiger charge is 2.21. The van der Waals surface area contributed by atoms with Gasteiger partial charge in [-0.3, -0.25) is 14.9 Å². The van der Waals surface area contributed by atoms with Gasteiger partial charge in [-0.25, -0.2) is 5.43 Å². The highest BCUT2D eigenvalue weighted by atomic mass is 16.6. The Hall–Kier alpha value is -3.62. The van der Waals surface area contributed by atoms with E-state index in [1.54, 1.807) is 20.1 Å². The van der Waals surface area contributed by atoms with Crippen molar-refractivity contribution < 1.29 is 23.9 Å². The number of benzene rings is 2. The van der Waals surface area contributed by atoms with E-state index >= 15 is 0 Å². The lowest BCUT2D eigenvalue weighted by atomic mass is 10.0. The van der Waals surface area contributed by atoms with Crippen LogP contribution in [0.5, 0.6) is 17.2 Å². The molecule has 1 atom stereocenters. The minimum absolute atomic E-state index is 0.0514. The highest BCUT2D eigenvalue weighted by Crippen LogP contribution is 2.34. The molecule has 0 radical (unpaired) electrons. The zero-order chi connectivity index (χ0) is 20.1. The summed E-state index contributed by atoms with van der Waals surface area (Å²) in [7, 11) is 1.56. The molecule has 9 heteroatoms. The topological polar surface area (TPSA) is 112 Å². The van der Waals surface area contributed by atoms with Crippen LogP contribution in [0.25, 0.3) is 0 Å². The van der Waals surface area contributed by atoms with Gasteiger partial charge in [0.2, 0.25) is 0 Å². The van der Waals surface area contributed by atoms with Crippen molar-refractivity contribution in [2.45, 2.75) is 19.4 Å². The van der Waals surface area contributed by atoms with Gasteiger partial charge in [-0.05, 0) is 31.2 Å². The van der Waals surface area contributed by atoms with E-state index in [-0.39, 0.29) is 5.69 Å². The number of ether oxygens (including phenoxy) is 3. The molecule has 146 valence electrons. The number of hydrazone groups is 1. The number of non-ortho nitro benzene ring substituents is 1. The quantitative estimate of drug-likeness (QED) is 0.604. The lowest BCUT2D eigenvalue weighted by molar-refractivity contribution is -0.384. The monoisotopic (exact) mass is 385 g/mol. The third-order valence-electron chi connectivity index (χ3n) is 4.13. The number of carbonyl (C=O) groups excluding carboxylic acids is 1. The van der Waals surface area contributed by atoms with Crippen LogP contribution in [-0.4, -0.2) is 36.4 Å². The van der Waals surface area contributed by atoms with Crippen LogP contribution in [0, 0.1) is 10.1 Å². The Morgan fingerprint density at radius 2 is 2.04 bits per heavy atom. The summed E-state index contributed by atoms with van der Waals surface area (Å²) in [5.74, 6) is 1.11. The van der Waals surface area contributed by atoms with Crippen molar-refractivity contribution >= 4 is 17.3 Å². The third-order valence-corrected chi connectivity index (χ3v) is 4.13. The van der Waals surface area contributed by atoms with Gasteiger partial charge in [-0.1, -0.05) is 6.07 Å². The number of carbonyl (C=O) groups is 1. The van der Waals surface area contributed by atoms with Crippen molar-refractivity contribution in [1.29, 1.82) is 0 Å². The molecule has 1 amide bonds. The van der Waals surface area contributed by atoms with Gasteiger partial charge in [0.25, 0.3) is 11.6 Å². The molecule has 0 aromatic heterocycles. The summed E-state index contributed by atoms with van der Waals surface area (Å²) in [6.07, 6.45) is -0.298. The van der Waals surface area contributed by atoms with Gasteiger partial charge in [-0.2, -0.15) is 5.10 Å². The predicted octanol–water partition coefficient (Wildman–Crippen LogP) is 2.67. The first-order valence-corrected chi connectivity index (χ1v) is 8.57. The van der Waals surface area contributed by atoms with Crippen molar-refractivity contribution in [3.8, 4) is 17.2 Å². The maximum Gasteiger partial charge on any atom is 0.280 e. The Balaban J connectivity index is 1.66. The number of hydrogen-bond acceptors (Lipinski definition) is 7. The standard InChI is InChI=1S/C19H19N3O6/c1-12(28-14-8-6-13(7-9-14)22(24)25)19(23)21-20-16-10-11-27-18-15(16)4-3-5-17(18)26-2/h3-9,12H,10-11H2,1-2H3,(H,21,23). The number of rotatable bonds is 6. The number of para-hydroxylation sites is 1. The van der Waals surface area contributed by atoms with Gasteiger partial charge in [0.15, 0.2) is 17.6 Å². The average molecular weight is 385 g/mol. The van der Waals surface area contributed by atoms with Crippen molar-refractivity contribution in [2.75, 3.05) is 13.7 Å². The second-order valence-corrected chi connectivity index (χ2v) is 5.98. The molecule has 0 saturated carbocycles. The highest BCUT2D eigenvalue weighted by molar-refractivity contribution is 6.04. The number of amides is 1. The van der Waals surface area contributed by atoms with E-state index in [9.17, 15) is 14.9 Å². The molecule has 28 heavy (non-hydrogen) atoms. The number of nitrogens with zero attached hydrogens (tertiary/aromatic N) is 2. The number of nitro groups is 1. The van der Waals surface area contributed by atoms with Gasteiger partial charge in [0, 0.05) is 24.1 Å². The Bertz CT molecular complexity index is 910. The molecule has 1 heterocycles. The molecular formula is C19H19N3O6. The molecule has 1 N–H and O–H groups in total. The summed E-state index contributed by atoms with van der Waals surface area (Å²) in [5.41, 5.74) is 3.88. The predicted molar refractivity (Wildman–Crippen MR) is 101 cm³/mol. The molecule has 9 nitrogen and oxygen atoms in total. The zero-order valence-corrected chi connectivity index (χ0v) is 15.4. The number of fused-ring (bicyclic) bond motifs is 1. The first kappa shape index (κ1) is 19.2. The van der Waals surface area contributed by atoms with Crippen molar-refractivity contribution in [2.24, 2.45) is 5.10 Å². The van der Waals surface area contributed by atoms with E-state index < -0.39 is 16.9 Å². The molecule has 1 aliphatic rings. The largest absolute Gasteiger partial charge is 0.493 e. The molecule has 0 aliphatic carbocycles. The van der Waals surface area contributed by atoms with Crippen molar-refractivity contribution in [3.05, 3.63) is 58.1 Å². The van der Waals surface area contributed by atoms with Crippen LogP contribution in [-0.2, 0) is 4.79 Å². The molecule has 3 rings (SSSR count). The maximum absolute atomic E-state index is 12.3. The van der Waals surface area contributed by atoms with Gasteiger partial charge >= 0.3 is 0 Å². The van der Waals surface area contributed by atoms with Crippen LogP contribution in [0.15, 0.2) is 47.6 Å². The Morgan fingerprint density at radius 1 is 1.29 bits per heavy atom. The Kier molecular flexibility index (Phi) is 5.73. The molecule has 1 aliphatic heterocycles. The fourth-order valence-corrected chi connectivity index (χ4v) is 2.67. The summed E-state index contributed by atoms with van der Waals surface area (Å²) in [6.45, 7) is 1.99. The minimum Gasteiger partial charge on any atom is -0.493 e. The summed E-state index contributed by atoms with van der Waals surface area (Å²) in [4.78, 5) is 22.5. The zero-order valence-electron chi connectivity index (χ0n) is 15.4. The van der Waals surface area contributed by atoms with E-state index in [0.29, 0.717) is 36.0 Å². The van der Waals surface area contributed by atoms with Crippen LogP contribution < -0.4 is 19.6 Å². The van der Waals surface area contributed by atoms with E-state index in [0.717, 1.165) is 5.56 Å². The summed E-state index contributed by atoms with van der Waals surface area (Å²) in [5, 5.41) is 14.9. The van der Waals surface area contributed by atoms with Crippen LogP contribution >= 0.6 is 0 Å². The van der Waals surface area contributed by atoms with Crippen LogP contribution in [0.4, 0.5) is 5.69 Å². The second kappa shape index (κ2) is 8.38. The molecule has 0 spiro atoms. The third kappa shape index (κ3) is 4.20. The fourth-order valence-electron chi connectivity index (χ4n) is 2.67. The van der Waals surface area contributed by atoms with Gasteiger partial charge in [0.1, 0.15) is 5.75 Å². The van der Waals surface area contributed by atoms with Crippen LogP contribution in [0.3, 0.4) is 0 Å². The number of methoxy groups -OCH3 is 1. The number of nitrogens with one attached hydrogen (secondary N) is 1. The van der Waals surface area contributed by atoms with Crippen molar-refractivity contribution in [1.82, 2.24) is 5.43 Å². The molecule has 2 aromatic rings. The molecule has 1 unspecified atom stereocenters. The molecule has 2 aromatic carbocycles.